The zero-order valence-corrected chi connectivity index (χ0v) is 30.2. The van der Waals surface area contributed by atoms with Gasteiger partial charge in [-0.3, -0.25) is 4.57 Å². The zero-order valence-electron chi connectivity index (χ0n) is 30.2. The van der Waals surface area contributed by atoms with Gasteiger partial charge in [0.15, 0.2) is 11.6 Å². The van der Waals surface area contributed by atoms with E-state index < -0.39 is 0 Å². The monoisotopic (exact) mass is 716 g/mol. The van der Waals surface area contributed by atoms with Gasteiger partial charge < -0.3 is 4.42 Å². The third-order valence-corrected chi connectivity index (χ3v) is 10.7. The summed E-state index contributed by atoms with van der Waals surface area (Å²) in [6, 6.07) is 67.4. The van der Waals surface area contributed by atoms with E-state index in [1.807, 2.05) is 42.5 Å². The largest absolute Gasteiger partial charge is 0.456 e. The lowest BCUT2D eigenvalue weighted by Gasteiger charge is -2.13. The third kappa shape index (κ3) is 5.37. The second kappa shape index (κ2) is 13.0. The van der Waals surface area contributed by atoms with Gasteiger partial charge in [-0.15, -0.1) is 0 Å². The summed E-state index contributed by atoms with van der Waals surface area (Å²) in [6.45, 7) is 0. The maximum atomic E-state index is 6.59. The van der Waals surface area contributed by atoms with E-state index in [0.29, 0.717) is 17.6 Å². The summed E-state index contributed by atoms with van der Waals surface area (Å²) in [4.78, 5) is 15.5. The summed E-state index contributed by atoms with van der Waals surface area (Å²) < 4.78 is 8.79. The minimum Gasteiger partial charge on any atom is -0.456 e. The molecule has 5 heteroatoms. The first-order valence-corrected chi connectivity index (χ1v) is 18.8. The molecule has 0 saturated carbocycles. The molecule has 0 atom stereocenters. The minimum atomic E-state index is 0.554. The summed E-state index contributed by atoms with van der Waals surface area (Å²) in [5, 5.41) is 4.43. The molecule has 0 amide bonds. The number of aromatic nitrogens is 4. The molecule has 262 valence electrons. The molecule has 11 rings (SSSR count). The van der Waals surface area contributed by atoms with Crippen LogP contribution in [0, 0.1) is 0 Å². The van der Waals surface area contributed by atoms with Crippen LogP contribution in [0.2, 0.25) is 0 Å². The summed E-state index contributed by atoms with van der Waals surface area (Å²) >= 11 is 0. The molecule has 0 unspecified atom stereocenters. The molecule has 0 aliphatic carbocycles. The number of fused-ring (bicyclic) bond motifs is 6. The molecule has 11 aromatic rings. The quantitative estimate of drug-likeness (QED) is 0.172. The minimum absolute atomic E-state index is 0.554. The maximum Gasteiger partial charge on any atom is 0.238 e. The Morgan fingerprint density at radius 3 is 1.50 bits per heavy atom. The number of rotatable bonds is 6. The van der Waals surface area contributed by atoms with Gasteiger partial charge in [-0.2, -0.15) is 9.97 Å². The van der Waals surface area contributed by atoms with Gasteiger partial charge >= 0.3 is 0 Å². The Morgan fingerprint density at radius 2 is 0.821 bits per heavy atom. The van der Waals surface area contributed by atoms with Crippen LogP contribution in [-0.2, 0) is 0 Å². The highest BCUT2D eigenvalue weighted by molar-refractivity contribution is 6.14. The second-order valence-corrected chi connectivity index (χ2v) is 14.0. The van der Waals surface area contributed by atoms with Gasteiger partial charge in [-0.05, 0) is 58.1 Å². The van der Waals surface area contributed by atoms with Crippen LogP contribution in [0.15, 0.2) is 199 Å². The first-order chi connectivity index (χ1) is 27.7. The van der Waals surface area contributed by atoms with Gasteiger partial charge in [0.1, 0.15) is 11.2 Å². The molecular formula is C51H32N4O. The molecule has 0 spiro atoms. The van der Waals surface area contributed by atoms with Gasteiger partial charge in [0.25, 0.3) is 0 Å². The van der Waals surface area contributed by atoms with Gasteiger partial charge in [0.05, 0.1) is 11.0 Å². The summed E-state index contributed by atoms with van der Waals surface area (Å²) in [7, 11) is 0. The van der Waals surface area contributed by atoms with Crippen molar-refractivity contribution in [3.8, 4) is 62.1 Å². The number of para-hydroxylation sites is 2. The van der Waals surface area contributed by atoms with Crippen molar-refractivity contribution in [3.05, 3.63) is 194 Å². The van der Waals surface area contributed by atoms with E-state index in [2.05, 4.69) is 156 Å². The van der Waals surface area contributed by atoms with Crippen LogP contribution in [0.4, 0.5) is 0 Å². The lowest BCUT2D eigenvalue weighted by molar-refractivity contribution is 0.669. The van der Waals surface area contributed by atoms with Crippen molar-refractivity contribution in [1.29, 1.82) is 0 Å². The molecule has 0 radical (unpaired) electrons. The molecule has 0 fully saturated rings. The van der Waals surface area contributed by atoms with Gasteiger partial charge in [0, 0.05) is 38.2 Å². The van der Waals surface area contributed by atoms with Gasteiger partial charge in [0.2, 0.25) is 5.95 Å². The molecule has 5 nitrogen and oxygen atoms in total. The van der Waals surface area contributed by atoms with Crippen LogP contribution in [0.25, 0.3) is 106 Å². The normalized spacial score (nSPS) is 11.6. The Bertz CT molecular complexity index is 3220. The lowest BCUT2D eigenvalue weighted by Crippen LogP contribution is -2.07. The van der Waals surface area contributed by atoms with Crippen LogP contribution in [-0.4, -0.2) is 19.5 Å². The van der Waals surface area contributed by atoms with Crippen LogP contribution in [0.3, 0.4) is 0 Å². The van der Waals surface area contributed by atoms with E-state index >= 15 is 0 Å². The molecule has 3 aromatic heterocycles. The Hall–Kier alpha value is -7.63. The maximum absolute atomic E-state index is 6.59. The molecule has 0 N–H and O–H groups in total. The lowest BCUT2D eigenvalue weighted by atomic mass is 10.00. The molecule has 0 aliphatic heterocycles. The van der Waals surface area contributed by atoms with Crippen molar-refractivity contribution in [2.75, 3.05) is 0 Å². The van der Waals surface area contributed by atoms with E-state index in [-0.39, 0.29) is 0 Å². The summed E-state index contributed by atoms with van der Waals surface area (Å²) in [6.07, 6.45) is 0. The Kier molecular flexibility index (Phi) is 7.42. The standard InChI is InChI=1S/C51H32N4O/c1-4-13-33(14-5-1)35-23-25-37(26-24-35)50-52-49(36-17-8-3-9-18-36)53-51(54-50)55-45-22-11-10-19-41(45)44-21-12-20-40(48(44)55)39-28-30-43-42-29-27-38(34-15-6-2-7-16-34)31-46(42)56-47(43)32-39/h1-32H. The summed E-state index contributed by atoms with van der Waals surface area (Å²) in [5.74, 6) is 1.77. The van der Waals surface area contributed by atoms with Crippen LogP contribution in [0.1, 0.15) is 0 Å². The highest BCUT2D eigenvalue weighted by atomic mass is 16.3. The second-order valence-electron chi connectivity index (χ2n) is 14.0. The first kappa shape index (κ1) is 31.9. The van der Waals surface area contributed by atoms with Crippen molar-refractivity contribution in [2.45, 2.75) is 0 Å². The van der Waals surface area contributed by atoms with E-state index in [1.165, 1.54) is 0 Å². The molecule has 0 aliphatic rings. The molecule has 0 bridgehead atoms. The summed E-state index contributed by atoms with van der Waals surface area (Å²) in [5.41, 5.74) is 12.3. The zero-order chi connectivity index (χ0) is 37.0. The number of benzene rings is 8. The van der Waals surface area contributed by atoms with Crippen LogP contribution in [0.5, 0.6) is 0 Å². The number of hydrogen-bond acceptors (Lipinski definition) is 4. The fourth-order valence-electron chi connectivity index (χ4n) is 7.97. The number of furan rings is 1. The van der Waals surface area contributed by atoms with E-state index in [9.17, 15) is 0 Å². The third-order valence-electron chi connectivity index (χ3n) is 10.7. The van der Waals surface area contributed by atoms with E-state index in [1.54, 1.807) is 0 Å². The molecule has 0 saturated heterocycles. The van der Waals surface area contributed by atoms with Crippen LogP contribution < -0.4 is 0 Å². The van der Waals surface area contributed by atoms with Crippen molar-refractivity contribution < 1.29 is 4.42 Å². The van der Waals surface area contributed by atoms with Crippen molar-refractivity contribution in [2.24, 2.45) is 0 Å². The smallest absolute Gasteiger partial charge is 0.238 e. The highest BCUT2D eigenvalue weighted by Crippen LogP contribution is 2.40. The van der Waals surface area contributed by atoms with Crippen molar-refractivity contribution in [3.63, 3.8) is 0 Å². The Balaban J connectivity index is 1.11. The molecule has 8 aromatic carbocycles. The average molecular weight is 717 g/mol. The molecule has 3 heterocycles. The fraction of sp³-hybridized carbons (Fsp3) is 0. The Morgan fingerprint density at radius 1 is 0.339 bits per heavy atom. The predicted molar refractivity (Wildman–Crippen MR) is 229 cm³/mol. The van der Waals surface area contributed by atoms with Crippen molar-refractivity contribution >= 4 is 43.7 Å². The first-order valence-electron chi connectivity index (χ1n) is 18.8. The number of hydrogen-bond donors (Lipinski definition) is 0. The van der Waals surface area contributed by atoms with Gasteiger partial charge in [-0.25, -0.2) is 4.98 Å². The average Bonchev–Trinajstić information content (AvgIpc) is 3.82. The van der Waals surface area contributed by atoms with E-state index in [0.717, 1.165) is 88.3 Å². The van der Waals surface area contributed by atoms with Crippen molar-refractivity contribution in [1.82, 2.24) is 19.5 Å². The Labute approximate surface area is 322 Å². The number of nitrogens with zero attached hydrogens (tertiary/aromatic N) is 4. The highest BCUT2D eigenvalue weighted by Gasteiger charge is 2.21. The topological polar surface area (TPSA) is 56.7 Å². The van der Waals surface area contributed by atoms with Crippen LogP contribution >= 0.6 is 0 Å². The molecular weight excluding hydrogens is 685 g/mol. The predicted octanol–water partition coefficient (Wildman–Crippen LogP) is 13.2. The van der Waals surface area contributed by atoms with E-state index in [4.69, 9.17) is 19.4 Å². The SMILES string of the molecule is c1ccc(-c2ccc(-c3nc(-c4ccccc4)nc(-n4c5ccccc5c5cccc(-c6ccc7c(c6)oc6cc(-c8ccccc8)ccc67)c54)n3)cc2)cc1. The van der Waals surface area contributed by atoms with Gasteiger partial charge in [-0.1, -0.05) is 164 Å². The molecule has 56 heavy (non-hydrogen) atoms. The fourth-order valence-corrected chi connectivity index (χ4v) is 7.97.